The second kappa shape index (κ2) is 8.39. The summed E-state index contributed by atoms with van der Waals surface area (Å²) in [5, 5.41) is 5.09. The number of methoxy groups -OCH3 is 1. The Hall–Kier alpha value is -2.29. The molecule has 26 heavy (non-hydrogen) atoms. The van der Waals surface area contributed by atoms with Crippen LogP contribution in [0.1, 0.15) is 11.0 Å². The van der Waals surface area contributed by atoms with E-state index in [4.69, 9.17) is 25.8 Å². The first-order valence-corrected chi connectivity index (χ1v) is 9.03. The van der Waals surface area contributed by atoms with Crippen molar-refractivity contribution in [3.8, 4) is 11.5 Å². The molecule has 1 aromatic carbocycles. The Bertz CT molecular complexity index is 810. The first-order valence-electron chi connectivity index (χ1n) is 7.83. The molecule has 0 aliphatic carbocycles. The molecule has 1 unspecified atom stereocenters. The van der Waals surface area contributed by atoms with Crippen LogP contribution < -0.4 is 20.1 Å². The minimum atomic E-state index is -0.777. The van der Waals surface area contributed by atoms with Crippen molar-refractivity contribution < 1.29 is 23.8 Å². The van der Waals surface area contributed by atoms with Gasteiger partial charge in [0.25, 0.3) is 0 Å². The molecule has 1 aromatic heterocycles. The van der Waals surface area contributed by atoms with Gasteiger partial charge in [-0.15, -0.1) is 11.3 Å². The van der Waals surface area contributed by atoms with Gasteiger partial charge in [0.2, 0.25) is 0 Å². The molecule has 138 valence electrons. The number of ether oxygens (including phenoxy) is 3. The largest absolute Gasteiger partial charge is 0.486 e. The van der Waals surface area contributed by atoms with Crippen LogP contribution in [0.25, 0.3) is 0 Å². The predicted molar refractivity (Wildman–Crippen MR) is 98.2 cm³/mol. The second-order valence-corrected chi connectivity index (χ2v) is 7.14. The number of amides is 2. The minimum Gasteiger partial charge on any atom is -0.486 e. The summed E-state index contributed by atoms with van der Waals surface area (Å²) in [6.45, 7) is 1.08. The summed E-state index contributed by atoms with van der Waals surface area (Å²) < 4.78 is 16.8. The highest BCUT2D eigenvalue weighted by Crippen LogP contribution is 2.32. The van der Waals surface area contributed by atoms with Crippen molar-refractivity contribution in [3.05, 3.63) is 39.5 Å². The zero-order valence-corrected chi connectivity index (χ0v) is 15.5. The summed E-state index contributed by atoms with van der Waals surface area (Å²) in [7, 11) is 1.53. The Kier molecular flexibility index (Phi) is 5.97. The standard InChI is InChI=1S/C17H17ClN2O5S/c1-23-13(14-4-5-15(18)26-14)9-19-16(21)17(22)20-10-2-3-11-12(8-10)25-7-6-24-11/h2-5,8,13H,6-7,9H2,1H3,(H,19,21)(H,20,22). The number of fused-ring (bicyclic) bond motifs is 1. The van der Waals surface area contributed by atoms with Gasteiger partial charge in [-0.2, -0.15) is 0 Å². The first kappa shape index (κ1) is 18.5. The fourth-order valence-corrected chi connectivity index (χ4v) is 3.51. The van der Waals surface area contributed by atoms with Crippen LogP contribution in [0.5, 0.6) is 11.5 Å². The molecule has 2 heterocycles. The van der Waals surface area contributed by atoms with Crippen molar-refractivity contribution >= 4 is 40.4 Å². The SMILES string of the molecule is COC(CNC(=O)C(=O)Nc1ccc2c(c1)OCCO2)c1ccc(Cl)s1. The van der Waals surface area contributed by atoms with E-state index in [9.17, 15) is 9.59 Å². The molecule has 0 bridgehead atoms. The Balaban J connectivity index is 1.55. The zero-order chi connectivity index (χ0) is 18.5. The van der Waals surface area contributed by atoms with Crippen LogP contribution >= 0.6 is 22.9 Å². The van der Waals surface area contributed by atoms with Gasteiger partial charge >= 0.3 is 11.8 Å². The summed E-state index contributed by atoms with van der Waals surface area (Å²) in [5.41, 5.74) is 0.447. The minimum absolute atomic E-state index is 0.154. The number of halogens is 1. The molecular formula is C17H17ClN2O5S. The molecule has 2 aromatic rings. The molecule has 2 N–H and O–H groups in total. The summed E-state index contributed by atoms with van der Waals surface area (Å²) in [6.07, 6.45) is -0.376. The number of hydrogen-bond acceptors (Lipinski definition) is 6. The molecule has 0 saturated heterocycles. The van der Waals surface area contributed by atoms with Gasteiger partial charge in [-0.05, 0) is 24.3 Å². The van der Waals surface area contributed by atoms with Crippen molar-refractivity contribution in [1.29, 1.82) is 0 Å². The molecule has 9 heteroatoms. The van der Waals surface area contributed by atoms with Crippen molar-refractivity contribution in [2.45, 2.75) is 6.10 Å². The first-order chi connectivity index (χ1) is 12.6. The Morgan fingerprint density at radius 2 is 1.96 bits per heavy atom. The second-order valence-electron chi connectivity index (χ2n) is 5.39. The van der Waals surface area contributed by atoms with Crippen LogP contribution in [0.15, 0.2) is 30.3 Å². The van der Waals surface area contributed by atoms with E-state index < -0.39 is 11.8 Å². The molecule has 0 saturated carbocycles. The fraction of sp³-hybridized carbons (Fsp3) is 0.294. The number of anilines is 1. The summed E-state index contributed by atoms with van der Waals surface area (Å²) in [5.74, 6) is -0.398. The quantitative estimate of drug-likeness (QED) is 0.759. The molecule has 0 spiro atoms. The van der Waals surface area contributed by atoms with Crippen molar-refractivity contribution in [2.24, 2.45) is 0 Å². The van der Waals surface area contributed by atoms with Gasteiger partial charge in [0.05, 0.1) is 4.34 Å². The van der Waals surface area contributed by atoms with Gasteiger partial charge in [0, 0.05) is 30.3 Å². The third-order valence-electron chi connectivity index (χ3n) is 3.65. The van der Waals surface area contributed by atoms with E-state index in [2.05, 4.69) is 10.6 Å². The molecule has 2 amide bonds. The zero-order valence-electron chi connectivity index (χ0n) is 13.9. The molecule has 1 atom stereocenters. The molecule has 7 nitrogen and oxygen atoms in total. The number of hydrogen-bond donors (Lipinski definition) is 2. The van der Waals surface area contributed by atoms with Crippen molar-refractivity contribution in [3.63, 3.8) is 0 Å². The maximum atomic E-state index is 12.1. The average Bonchev–Trinajstić information content (AvgIpc) is 3.08. The van der Waals surface area contributed by atoms with Crippen LogP contribution in [0.4, 0.5) is 5.69 Å². The number of carbonyl (C=O) groups is 2. The normalized spacial score (nSPS) is 13.8. The van der Waals surface area contributed by atoms with E-state index in [1.54, 1.807) is 24.3 Å². The number of thiophene rings is 1. The highest BCUT2D eigenvalue weighted by atomic mass is 35.5. The maximum Gasteiger partial charge on any atom is 0.313 e. The van der Waals surface area contributed by atoms with E-state index in [-0.39, 0.29) is 12.6 Å². The third kappa shape index (κ3) is 4.46. The Morgan fingerprint density at radius 3 is 2.65 bits per heavy atom. The van der Waals surface area contributed by atoms with Gasteiger partial charge < -0.3 is 24.8 Å². The number of carbonyl (C=O) groups excluding carboxylic acids is 2. The predicted octanol–water partition coefficient (Wildman–Crippen LogP) is 2.62. The number of benzene rings is 1. The summed E-state index contributed by atoms with van der Waals surface area (Å²) in [6, 6.07) is 8.52. The van der Waals surface area contributed by atoms with E-state index in [0.29, 0.717) is 34.7 Å². The summed E-state index contributed by atoms with van der Waals surface area (Å²) in [4.78, 5) is 25.0. The van der Waals surface area contributed by atoms with E-state index in [0.717, 1.165) is 4.88 Å². The Labute approximate surface area is 159 Å². The van der Waals surface area contributed by atoms with Crippen molar-refractivity contribution in [1.82, 2.24) is 5.32 Å². The lowest BCUT2D eigenvalue weighted by Gasteiger charge is -2.19. The lowest BCUT2D eigenvalue weighted by atomic mass is 10.2. The lowest BCUT2D eigenvalue weighted by Crippen LogP contribution is -2.37. The van der Waals surface area contributed by atoms with Crippen LogP contribution in [0.2, 0.25) is 4.34 Å². The monoisotopic (exact) mass is 396 g/mol. The molecule has 0 radical (unpaired) electrons. The van der Waals surface area contributed by atoms with E-state index in [1.165, 1.54) is 18.4 Å². The van der Waals surface area contributed by atoms with Crippen LogP contribution in [-0.4, -0.2) is 38.7 Å². The molecular weight excluding hydrogens is 380 g/mol. The van der Waals surface area contributed by atoms with Gasteiger partial charge in [-0.1, -0.05) is 11.6 Å². The lowest BCUT2D eigenvalue weighted by molar-refractivity contribution is -0.136. The summed E-state index contributed by atoms with van der Waals surface area (Å²) >= 11 is 7.27. The van der Waals surface area contributed by atoms with Gasteiger partial charge in [-0.3, -0.25) is 9.59 Å². The van der Waals surface area contributed by atoms with Gasteiger partial charge in [0.15, 0.2) is 11.5 Å². The maximum absolute atomic E-state index is 12.1. The molecule has 1 aliphatic heterocycles. The molecule has 0 fully saturated rings. The van der Waals surface area contributed by atoms with Crippen LogP contribution in [0, 0.1) is 0 Å². The number of rotatable bonds is 5. The fourth-order valence-electron chi connectivity index (χ4n) is 2.38. The van der Waals surface area contributed by atoms with Crippen molar-refractivity contribution in [2.75, 3.05) is 32.2 Å². The van der Waals surface area contributed by atoms with Gasteiger partial charge in [-0.25, -0.2) is 0 Å². The Morgan fingerprint density at radius 1 is 1.19 bits per heavy atom. The van der Waals surface area contributed by atoms with Gasteiger partial charge in [0.1, 0.15) is 19.3 Å². The number of nitrogens with one attached hydrogen (secondary N) is 2. The smallest absolute Gasteiger partial charge is 0.313 e. The van der Waals surface area contributed by atoms with E-state index in [1.807, 2.05) is 6.07 Å². The molecule has 3 rings (SSSR count). The molecule has 1 aliphatic rings. The van der Waals surface area contributed by atoms with E-state index >= 15 is 0 Å². The highest BCUT2D eigenvalue weighted by molar-refractivity contribution is 7.16. The van der Waals surface area contributed by atoms with Crippen LogP contribution in [0.3, 0.4) is 0 Å². The van der Waals surface area contributed by atoms with Crippen LogP contribution in [-0.2, 0) is 14.3 Å². The topological polar surface area (TPSA) is 85.9 Å². The highest BCUT2D eigenvalue weighted by Gasteiger charge is 2.19. The average molecular weight is 397 g/mol. The third-order valence-corrected chi connectivity index (χ3v) is 4.97.